The van der Waals surface area contributed by atoms with E-state index in [1.54, 1.807) is 24.3 Å². The fourth-order valence-corrected chi connectivity index (χ4v) is 3.34. The third kappa shape index (κ3) is 5.42. The Morgan fingerprint density at radius 1 is 1.16 bits per heavy atom. The number of carbonyl (C=O) groups excluding carboxylic acids is 2. The van der Waals surface area contributed by atoms with Gasteiger partial charge in [-0.15, -0.1) is 0 Å². The van der Waals surface area contributed by atoms with E-state index < -0.39 is 28.7 Å². The Balaban J connectivity index is 2.02. The number of hydrogen-bond acceptors (Lipinski definition) is 5. The average molecular weight is 361 g/mol. The molecule has 0 aromatic heterocycles. The van der Waals surface area contributed by atoms with Crippen molar-refractivity contribution >= 4 is 22.7 Å². The molecule has 7 heteroatoms. The molecule has 0 radical (unpaired) electrons. The van der Waals surface area contributed by atoms with Crippen LogP contribution in [0.5, 0.6) is 5.75 Å². The molecule has 0 aliphatic heterocycles. The summed E-state index contributed by atoms with van der Waals surface area (Å²) in [4.78, 5) is 24.8. The van der Waals surface area contributed by atoms with Gasteiger partial charge in [0.1, 0.15) is 11.8 Å². The molecule has 2 rings (SSSR count). The van der Waals surface area contributed by atoms with Gasteiger partial charge in [0.25, 0.3) is 5.91 Å². The molecule has 0 saturated carbocycles. The highest BCUT2D eigenvalue weighted by atomic mass is 32.2. The number of aromatic hydroxyl groups is 1. The van der Waals surface area contributed by atoms with Crippen molar-refractivity contribution in [2.45, 2.75) is 17.4 Å². The number of benzene rings is 2. The van der Waals surface area contributed by atoms with Crippen LogP contribution in [0.3, 0.4) is 0 Å². The van der Waals surface area contributed by atoms with Crippen molar-refractivity contribution in [2.75, 3.05) is 12.9 Å². The van der Waals surface area contributed by atoms with Gasteiger partial charge in [0.2, 0.25) is 0 Å². The van der Waals surface area contributed by atoms with Gasteiger partial charge in [0.05, 0.1) is 17.9 Å². The molecule has 0 aliphatic carbocycles. The minimum Gasteiger partial charge on any atom is -0.508 e. The van der Waals surface area contributed by atoms with Crippen molar-refractivity contribution in [1.82, 2.24) is 5.32 Å². The molecule has 1 amide bonds. The number of rotatable bonds is 7. The van der Waals surface area contributed by atoms with Crippen LogP contribution in [0.4, 0.5) is 0 Å². The van der Waals surface area contributed by atoms with E-state index in [2.05, 4.69) is 5.32 Å². The van der Waals surface area contributed by atoms with Gasteiger partial charge in [-0.05, 0) is 36.8 Å². The lowest BCUT2D eigenvalue weighted by atomic mass is 10.1. The largest absolute Gasteiger partial charge is 0.508 e. The molecule has 2 N–H and O–H groups in total. The molecule has 6 nitrogen and oxygen atoms in total. The van der Waals surface area contributed by atoms with E-state index in [1.165, 1.54) is 31.4 Å². The first kappa shape index (κ1) is 18.7. The minimum absolute atomic E-state index is 0.0487. The molecule has 2 aromatic carbocycles. The Labute approximate surface area is 148 Å². The molecular weight excluding hydrogens is 342 g/mol. The Hall–Kier alpha value is -2.67. The number of phenols is 1. The highest BCUT2D eigenvalue weighted by molar-refractivity contribution is 7.85. The van der Waals surface area contributed by atoms with Crippen molar-refractivity contribution in [1.29, 1.82) is 0 Å². The number of amides is 1. The van der Waals surface area contributed by atoms with Crippen molar-refractivity contribution < 1.29 is 23.6 Å². The summed E-state index contributed by atoms with van der Waals surface area (Å²) in [6.45, 7) is 0. The van der Waals surface area contributed by atoms with Crippen LogP contribution in [0.1, 0.15) is 16.8 Å². The predicted molar refractivity (Wildman–Crippen MR) is 93.7 cm³/mol. The highest BCUT2D eigenvalue weighted by Gasteiger charge is 2.23. The van der Waals surface area contributed by atoms with E-state index >= 15 is 0 Å². The topological polar surface area (TPSA) is 92.7 Å². The quantitative estimate of drug-likeness (QED) is 0.735. The number of phenolic OH excluding ortho intramolecular Hbond substituents is 1. The van der Waals surface area contributed by atoms with Gasteiger partial charge in [-0.25, -0.2) is 4.79 Å². The molecule has 0 heterocycles. The Morgan fingerprint density at radius 3 is 2.52 bits per heavy atom. The number of methoxy groups -OCH3 is 1. The maximum absolute atomic E-state index is 12.3. The van der Waals surface area contributed by atoms with E-state index in [9.17, 15) is 18.9 Å². The number of carbonyl (C=O) groups is 2. The molecule has 0 aliphatic rings. The van der Waals surface area contributed by atoms with Gasteiger partial charge in [-0.2, -0.15) is 0 Å². The van der Waals surface area contributed by atoms with Crippen molar-refractivity contribution in [3.63, 3.8) is 0 Å². The maximum atomic E-state index is 12.3. The van der Waals surface area contributed by atoms with E-state index in [-0.39, 0.29) is 23.5 Å². The van der Waals surface area contributed by atoms with Crippen LogP contribution in [-0.4, -0.2) is 40.1 Å². The third-order valence-corrected chi connectivity index (χ3v) is 4.90. The van der Waals surface area contributed by atoms with Crippen LogP contribution in [0.15, 0.2) is 59.5 Å². The molecule has 132 valence electrons. The van der Waals surface area contributed by atoms with Crippen LogP contribution in [0.2, 0.25) is 0 Å². The van der Waals surface area contributed by atoms with Crippen molar-refractivity contribution in [3.05, 3.63) is 60.2 Å². The number of nitrogens with one attached hydrogen (secondary N) is 1. The second kappa shape index (κ2) is 8.98. The lowest BCUT2D eigenvalue weighted by Gasteiger charge is -2.16. The molecule has 25 heavy (non-hydrogen) atoms. The Kier molecular flexibility index (Phi) is 6.71. The molecule has 0 fully saturated rings. The lowest BCUT2D eigenvalue weighted by Crippen LogP contribution is -2.42. The van der Waals surface area contributed by atoms with Crippen molar-refractivity contribution in [2.24, 2.45) is 0 Å². The fraction of sp³-hybridized carbons (Fsp3) is 0.222. The Morgan fingerprint density at radius 2 is 1.88 bits per heavy atom. The van der Waals surface area contributed by atoms with Gasteiger partial charge in [-0.1, -0.05) is 24.3 Å². The van der Waals surface area contributed by atoms with Gasteiger partial charge in [-0.3, -0.25) is 9.00 Å². The van der Waals surface area contributed by atoms with Gasteiger partial charge in [0.15, 0.2) is 0 Å². The summed E-state index contributed by atoms with van der Waals surface area (Å²) in [6, 6.07) is 13.8. The molecular formula is C18H19NO5S. The fourth-order valence-electron chi connectivity index (χ4n) is 2.19. The van der Waals surface area contributed by atoms with Crippen LogP contribution in [-0.2, 0) is 20.3 Å². The summed E-state index contributed by atoms with van der Waals surface area (Å²) in [6.07, 6.45) is 0.165. The van der Waals surface area contributed by atoms with Crippen molar-refractivity contribution in [3.8, 4) is 5.75 Å². The highest BCUT2D eigenvalue weighted by Crippen LogP contribution is 2.12. The van der Waals surface area contributed by atoms with Gasteiger partial charge in [0, 0.05) is 16.2 Å². The van der Waals surface area contributed by atoms with Crippen LogP contribution >= 0.6 is 0 Å². The molecule has 0 saturated heterocycles. The number of esters is 1. The normalized spacial score (nSPS) is 12.8. The van der Waals surface area contributed by atoms with E-state index in [0.29, 0.717) is 4.90 Å². The molecule has 2 aromatic rings. The molecule has 0 bridgehead atoms. The molecule has 2 atom stereocenters. The third-order valence-electron chi connectivity index (χ3n) is 3.50. The molecule has 0 spiro atoms. The zero-order chi connectivity index (χ0) is 18.2. The SMILES string of the molecule is COC(=O)[C@@H](CC[S@](=O)c1ccccc1)NC(=O)c1cccc(O)c1. The maximum Gasteiger partial charge on any atom is 0.328 e. The monoisotopic (exact) mass is 361 g/mol. The van der Waals surface area contributed by atoms with Crippen LogP contribution in [0.25, 0.3) is 0 Å². The van der Waals surface area contributed by atoms with E-state index in [0.717, 1.165) is 0 Å². The first-order chi connectivity index (χ1) is 12.0. The standard InChI is InChI=1S/C18H19NO5S/c1-24-18(22)16(10-11-25(23)15-8-3-2-4-9-15)19-17(21)13-6-5-7-14(20)12-13/h2-9,12,16,20H,10-11H2,1H3,(H,19,21)/t16-,25+/m1/s1. The lowest BCUT2D eigenvalue weighted by molar-refractivity contribution is -0.142. The van der Waals surface area contributed by atoms with Gasteiger partial charge >= 0.3 is 5.97 Å². The summed E-state index contributed by atoms with van der Waals surface area (Å²) >= 11 is 0. The smallest absolute Gasteiger partial charge is 0.328 e. The molecule has 0 unspecified atom stereocenters. The number of hydrogen-bond donors (Lipinski definition) is 2. The zero-order valence-electron chi connectivity index (χ0n) is 13.7. The average Bonchev–Trinajstić information content (AvgIpc) is 2.64. The number of ether oxygens (including phenoxy) is 1. The minimum atomic E-state index is -1.28. The zero-order valence-corrected chi connectivity index (χ0v) is 14.5. The predicted octanol–water partition coefficient (Wildman–Crippen LogP) is 1.86. The Bertz CT molecular complexity index is 763. The summed E-state index contributed by atoms with van der Waals surface area (Å²) in [5.74, 6) is -0.979. The second-order valence-electron chi connectivity index (χ2n) is 5.25. The first-order valence-electron chi connectivity index (χ1n) is 7.62. The van der Waals surface area contributed by atoms with Crippen LogP contribution in [0, 0.1) is 0 Å². The van der Waals surface area contributed by atoms with Crippen LogP contribution < -0.4 is 5.32 Å². The van der Waals surface area contributed by atoms with E-state index in [1.807, 2.05) is 6.07 Å². The van der Waals surface area contributed by atoms with E-state index in [4.69, 9.17) is 4.74 Å². The first-order valence-corrected chi connectivity index (χ1v) is 8.94. The summed E-state index contributed by atoms with van der Waals surface area (Å²) < 4.78 is 17.0. The van der Waals surface area contributed by atoms with Gasteiger partial charge < -0.3 is 15.2 Å². The summed E-state index contributed by atoms with van der Waals surface area (Å²) in [5, 5.41) is 12.0. The second-order valence-corrected chi connectivity index (χ2v) is 6.82. The summed E-state index contributed by atoms with van der Waals surface area (Å²) in [7, 11) is -0.0584. The summed E-state index contributed by atoms with van der Waals surface area (Å²) in [5.41, 5.74) is 0.220.